The third-order valence-electron chi connectivity index (χ3n) is 6.33. The molecule has 2 heterocycles. The molecule has 2 aliphatic heterocycles. The first-order valence-corrected chi connectivity index (χ1v) is 11.5. The van der Waals surface area contributed by atoms with Crippen molar-refractivity contribution in [1.29, 1.82) is 0 Å². The maximum Gasteiger partial charge on any atom is 0.315 e. The quantitative estimate of drug-likeness (QED) is 0.675. The van der Waals surface area contributed by atoms with Crippen molar-refractivity contribution in [3.63, 3.8) is 0 Å². The topological polar surface area (TPSA) is 77.1 Å². The second-order valence-electron chi connectivity index (χ2n) is 8.67. The highest BCUT2D eigenvalue weighted by Crippen LogP contribution is 2.22. The maximum atomic E-state index is 12.4. The molecule has 0 bridgehead atoms. The van der Waals surface area contributed by atoms with Crippen LogP contribution in [0.25, 0.3) is 0 Å². The van der Waals surface area contributed by atoms with Gasteiger partial charge in [-0.2, -0.15) is 0 Å². The number of hydrogen-bond acceptors (Lipinski definition) is 5. The molecule has 2 aromatic rings. The molecule has 1 atom stereocenters. The Bertz CT molecular complexity index is 940. The summed E-state index contributed by atoms with van der Waals surface area (Å²) in [6, 6.07) is 15.7. The number of methoxy groups -OCH3 is 1. The number of ether oxygens (including phenoxy) is 1. The van der Waals surface area contributed by atoms with Crippen molar-refractivity contribution in [2.75, 3.05) is 62.7 Å². The lowest BCUT2D eigenvalue weighted by Crippen LogP contribution is -2.50. The second-order valence-corrected chi connectivity index (χ2v) is 8.67. The van der Waals surface area contributed by atoms with Crippen molar-refractivity contribution in [3.8, 4) is 5.75 Å². The molecule has 4 rings (SSSR count). The number of carbonyl (C=O) groups excluding carboxylic acids is 2. The number of nitrogens with zero attached hydrogens (tertiary/aromatic N) is 3. The molecular weight excluding hydrogens is 418 g/mol. The lowest BCUT2D eigenvalue weighted by Gasteiger charge is -2.36. The standard InChI is InChI=1S/C25H33N5O3/c1-19-3-5-22(6-4-19)30-18-20(17-24(30)31)27-25(32)26-11-12-28-13-15-29(16-14-28)21-7-9-23(33-2)10-8-21/h3-10,20H,11-18H2,1-2H3,(H2,26,27,32)/t20-/m0/s1. The van der Waals surface area contributed by atoms with Crippen LogP contribution in [0.4, 0.5) is 16.2 Å². The molecule has 2 aliphatic rings. The second kappa shape index (κ2) is 10.6. The molecule has 2 saturated heterocycles. The summed E-state index contributed by atoms with van der Waals surface area (Å²) in [6.45, 7) is 7.73. The first-order chi connectivity index (χ1) is 16.0. The van der Waals surface area contributed by atoms with Gasteiger partial charge in [-0.25, -0.2) is 4.79 Å². The highest BCUT2D eigenvalue weighted by Gasteiger charge is 2.31. The van der Waals surface area contributed by atoms with Gasteiger partial charge in [-0.05, 0) is 43.3 Å². The molecule has 8 heteroatoms. The van der Waals surface area contributed by atoms with Crippen LogP contribution in [-0.2, 0) is 4.79 Å². The fourth-order valence-electron chi connectivity index (χ4n) is 4.37. The van der Waals surface area contributed by atoms with Crippen LogP contribution in [-0.4, -0.2) is 75.8 Å². The SMILES string of the molecule is COc1ccc(N2CCN(CCNC(=O)N[C@H]3CC(=O)N(c4ccc(C)cc4)C3)CC2)cc1. The first-order valence-electron chi connectivity index (χ1n) is 11.5. The van der Waals surface area contributed by atoms with E-state index in [4.69, 9.17) is 4.74 Å². The molecule has 3 amide bonds. The van der Waals surface area contributed by atoms with Crippen LogP contribution in [0.5, 0.6) is 5.75 Å². The van der Waals surface area contributed by atoms with Crippen molar-refractivity contribution in [3.05, 3.63) is 54.1 Å². The average Bonchev–Trinajstić information content (AvgIpc) is 3.19. The Hall–Kier alpha value is -3.26. The molecule has 2 N–H and O–H groups in total. The number of nitrogens with one attached hydrogen (secondary N) is 2. The summed E-state index contributed by atoms with van der Waals surface area (Å²) in [5.41, 5.74) is 3.24. The molecule has 0 unspecified atom stereocenters. The van der Waals surface area contributed by atoms with Gasteiger partial charge in [0.1, 0.15) is 5.75 Å². The van der Waals surface area contributed by atoms with E-state index in [9.17, 15) is 9.59 Å². The van der Waals surface area contributed by atoms with Gasteiger partial charge in [0.2, 0.25) is 5.91 Å². The van der Waals surface area contributed by atoms with Gasteiger partial charge in [0.25, 0.3) is 0 Å². The van der Waals surface area contributed by atoms with Crippen LogP contribution in [0.2, 0.25) is 0 Å². The molecule has 2 fully saturated rings. The predicted octanol–water partition coefficient (Wildman–Crippen LogP) is 2.23. The van der Waals surface area contributed by atoms with Gasteiger partial charge in [0.05, 0.1) is 13.2 Å². The number of piperazine rings is 1. The van der Waals surface area contributed by atoms with Crippen molar-refractivity contribution < 1.29 is 14.3 Å². The molecule has 0 spiro atoms. The summed E-state index contributed by atoms with van der Waals surface area (Å²) < 4.78 is 5.23. The van der Waals surface area contributed by atoms with E-state index in [1.165, 1.54) is 5.69 Å². The lowest BCUT2D eigenvalue weighted by atomic mass is 10.2. The van der Waals surface area contributed by atoms with E-state index in [-0.39, 0.29) is 18.0 Å². The lowest BCUT2D eigenvalue weighted by molar-refractivity contribution is -0.117. The Morgan fingerprint density at radius 3 is 2.33 bits per heavy atom. The van der Waals surface area contributed by atoms with E-state index < -0.39 is 0 Å². The van der Waals surface area contributed by atoms with Crippen LogP contribution in [0.15, 0.2) is 48.5 Å². The van der Waals surface area contributed by atoms with Gasteiger partial charge < -0.3 is 25.2 Å². The summed E-state index contributed by atoms with van der Waals surface area (Å²) in [4.78, 5) is 31.2. The van der Waals surface area contributed by atoms with E-state index in [0.717, 1.165) is 49.7 Å². The summed E-state index contributed by atoms with van der Waals surface area (Å²) in [7, 11) is 1.68. The normalized spacial score (nSPS) is 19.0. The van der Waals surface area contributed by atoms with Gasteiger partial charge in [-0.15, -0.1) is 0 Å². The minimum atomic E-state index is -0.213. The highest BCUT2D eigenvalue weighted by molar-refractivity contribution is 5.96. The predicted molar refractivity (Wildman–Crippen MR) is 130 cm³/mol. The number of carbonyl (C=O) groups is 2. The van der Waals surface area contributed by atoms with E-state index in [2.05, 4.69) is 32.6 Å². The van der Waals surface area contributed by atoms with E-state index in [0.29, 0.717) is 19.5 Å². The van der Waals surface area contributed by atoms with Gasteiger partial charge in [-0.3, -0.25) is 9.69 Å². The smallest absolute Gasteiger partial charge is 0.315 e. The fourth-order valence-corrected chi connectivity index (χ4v) is 4.37. The minimum Gasteiger partial charge on any atom is -0.497 e. The van der Waals surface area contributed by atoms with E-state index in [1.54, 1.807) is 12.0 Å². The molecule has 33 heavy (non-hydrogen) atoms. The number of aryl methyl sites for hydroxylation is 1. The zero-order valence-electron chi connectivity index (χ0n) is 19.4. The molecule has 0 aliphatic carbocycles. The van der Waals surface area contributed by atoms with Gasteiger partial charge in [0.15, 0.2) is 0 Å². The van der Waals surface area contributed by atoms with Gasteiger partial charge in [-0.1, -0.05) is 17.7 Å². The number of rotatable bonds is 7. The Balaban J connectivity index is 1.14. The Morgan fingerprint density at radius 2 is 1.67 bits per heavy atom. The summed E-state index contributed by atoms with van der Waals surface area (Å²) in [6.07, 6.45) is 0.328. The van der Waals surface area contributed by atoms with E-state index >= 15 is 0 Å². The Kier molecular flexibility index (Phi) is 7.34. The van der Waals surface area contributed by atoms with Crippen LogP contribution in [0.1, 0.15) is 12.0 Å². The fraction of sp³-hybridized carbons (Fsp3) is 0.440. The third-order valence-corrected chi connectivity index (χ3v) is 6.33. The number of benzene rings is 2. The van der Waals surface area contributed by atoms with Crippen molar-refractivity contribution in [2.45, 2.75) is 19.4 Å². The Labute approximate surface area is 195 Å². The molecular formula is C25H33N5O3. The van der Waals surface area contributed by atoms with Crippen molar-refractivity contribution in [1.82, 2.24) is 15.5 Å². The molecule has 0 saturated carbocycles. The number of amides is 3. The first kappa shape index (κ1) is 22.9. The third kappa shape index (κ3) is 5.96. The summed E-state index contributed by atoms with van der Waals surface area (Å²) >= 11 is 0. The monoisotopic (exact) mass is 451 g/mol. The summed E-state index contributed by atoms with van der Waals surface area (Å²) in [5, 5.41) is 5.89. The Morgan fingerprint density at radius 1 is 1.00 bits per heavy atom. The van der Waals surface area contributed by atoms with Crippen molar-refractivity contribution >= 4 is 23.3 Å². The zero-order valence-corrected chi connectivity index (χ0v) is 19.4. The van der Waals surface area contributed by atoms with Crippen LogP contribution >= 0.6 is 0 Å². The molecule has 2 aromatic carbocycles. The molecule has 176 valence electrons. The van der Waals surface area contributed by atoms with Crippen LogP contribution in [0.3, 0.4) is 0 Å². The largest absolute Gasteiger partial charge is 0.497 e. The number of hydrogen-bond donors (Lipinski definition) is 2. The minimum absolute atomic E-state index is 0.0406. The van der Waals surface area contributed by atoms with E-state index in [1.807, 2.05) is 43.3 Å². The van der Waals surface area contributed by atoms with Crippen molar-refractivity contribution in [2.24, 2.45) is 0 Å². The summed E-state index contributed by atoms with van der Waals surface area (Å²) in [5.74, 6) is 0.908. The van der Waals surface area contributed by atoms with Gasteiger partial charge in [0, 0.05) is 63.6 Å². The zero-order chi connectivity index (χ0) is 23.2. The van der Waals surface area contributed by atoms with Crippen LogP contribution < -0.4 is 25.2 Å². The average molecular weight is 452 g/mol. The van der Waals surface area contributed by atoms with Gasteiger partial charge >= 0.3 is 6.03 Å². The molecule has 8 nitrogen and oxygen atoms in total. The highest BCUT2D eigenvalue weighted by atomic mass is 16.5. The number of urea groups is 1. The molecule has 0 aromatic heterocycles. The van der Waals surface area contributed by atoms with Crippen LogP contribution in [0, 0.1) is 6.92 Å². The number of anilines is 2. The molecule has 0 radical (unpaired) electrons. The maximum absolute atomic E-state index is 12.4.